The third-order valence-electron chi connectivity index (χ3n) is 3.88. The van der Waals surface area contributed by atoms with E-state index in [1.165, 1.54) is 7.11 Å². The van der Waals surface area contributed by atoms with E-state index < -0.39 is 17.8 Å². The second kappa shape index (κ2) is 6.11. The van der Waals surface area contributed by atoms with Crippen LogP contribution in [0.3, 0.4) is 0 Å². The van der Waals surface area contributed by atoms with Gasteiger partial charge in [-0.2, -0.15) is 0 Å². The molecule has 0 aromatic heterocycles. The van der Waals surface area contributed by atoms with Crippen molar-refractivity contribution in [2.24, 2.45) is 17.8 Å². The van der Waals surface area contributed by atoms with E-state index in [-0.39, 0.29) is 11.7 Å². The highest BCUT2D eigenvalue weighted by Gasteiger charge is 2.42. The summed E-state index contributed by atoms with van der Waals surface area (Å²) >= 11 is 2.13. The Balaban J connectivity index is 2.35. The lowest BCUT2D eigenvalue weighted by Gasteiger charge is -2.16. The first-order valence-electron chi connectivity index (χ1n) is 6.54. The van der Waals surface area contributed by atoms with Crippen LogP contribution in [-0.4, -0.2) is 24.0 Å². The maximum Gasteiger partial charge on any atom is 0.307 e. The zero-order valence-corrected chi connectivity index (χ0v) is 13.6. The number of benzene rings is 1. The number of hydrogen-bond acceptors (Lipinski definition) is 3. The lowest BCUT2D eigenvalue weighted by Crippen LogP contribution is -2.25. The van der Waals surface area contributed by atoms with Crippen LogP contribution in [0.25, 0.3) is 0 Å². The van der Waals surface area contributed by atoms with Crippen molar-refractivity contribution in [2.75, 3.05) is 7.11 Å². The molecule has 108 valence electrons. The fourth-order valence-corrected chi connectivity index (χ4v) is 3.42. The normalized spacial score (nSPS) is 25.4. The number of rotatable bonds is 4. The van der Waals surface area contributed by atoms with Crippen molar-refractivity contribution >= 4 is 34.3 Å². The quantitative estimate of drug-likeness (QED) is 0.636. The number of ether oxygens (including phenoxy) is 1. The predicted molar refractivity (Wildman–Crippen MR) is 83.1 cm³/mol. The van der Waals surface area contributed by atoms with Gasteiger partial charge in [-0.05, 0) is 59.5 Å². The van der Waals surface area contributed by atoms with Gasteiger partial charge in [-0.3, -0.25) is 9.59 Å². The summed E-state index contributed by atoms with van der Waals surface area (Å²) in [5.74, 6) is -1.25. The number of methoxy groups -OCH3 is 1. The van der Waals surface area contributed by atoms with E-state index in [1.54, 1.807) is 12.1 Å². The molecule has 20 heavy (non-hydrogen) atoms. The molecule has 0 aliphatic heterocycles. The summed E-state index contributed by atoms with van der Waals surface area (Å²) in [6.45, 7) is 2.00. The first kappa shape index (κ1) is 15.3. The smallest absolute Gasteiger partial charge is 0.307 e. The molecule has 0 heterocycles. The third kappa shape index (κ3) is 2.97. The molecule has 0 spiro atoms. The van der Waals surface area contributed by atoms with Crippen LogP contribution in [0.2, 0.25) is 0 Å². The molecule has 1 saturated carbocycles. The minimum Gasteiger partial charge on any atom is -0.496 e. The van der Waals surface area contributed by atoms with E-state index in [1.807, 2.05) is 13.0 Å². The van der Waals surface area contributed by atoms with Crippen LogP contribution in [-0.2, 0) is 4.79 Å². The van der Waals surface area contributed by atoms with Crippen LogP contribution >= 0.6 is 22.6 Å². The van der Waals surface area contributed by atoms with Crippen LogP contribution in [0.5, 0.6) is 5.75 Å². The van der Waals surface area contributed by atoms with Crippen LogP contribution < -0.4 is 4.74 Å². The van der Waals surface area contributed by atoms with Crippen LogP contribution in [0, 0.1) is 21.3 Å². The molecule has 2 rings (SSSR count). The summed E-state index contributed by atoms with van der Waals surface area (Å²) in [7, 11) is 1.52. The number of aliphatic carboxylic acids is 1. The summed E-state index contributed by atoms with van der Waals surface area (Å²) in [4.78, 5) is 24.0. The SMILES string of the molecule is COc1ccc(I)cc1C(=O)C1CC(C)CC1C(=O)O. The lowest BCUT2D eigenvalue weighted by molar-refractivity contribution is -0.142. The number of carboxylic acid groups (broad SMARTS) is 1. The first-order valence-corrected chi connectivity index (χ1v) is 7.62. The van der Waals surface area contributed by atoms with E-state index in [4.69, 9.17) is 4.74 Å². The summed E-state index contributed by atoms with van der Waals surface area (Å²) < 4.78 is 6.17. The van der Waals surface area contributed by atoms with Gasteiger partial charge in [-0.1, -0.05) is 6.92 Å². The second-order valence-corrected chi connectivity index (χ2v) is 6.58. The maximum absolute atomic E-state index is 12.7. The largest absolute Gasteiger partial charge is 0.496 e. The number of halogens is 1. The van der Waals surface area contributed by atoms with Crippen molar-refractivity contribution in [3.8, 4) is 5.75 Å². The van der Waals surface area contributed by atoms with E-state index in [2.05, 4.69) is 22.6 Å². The highest BCUT2D eigenvalue weighted by atomic mass is 127. The average Bonchev–Trinajstić information content (AvgIpc) is 2.80. The molecule has 1 N–H and O–H groups in total. The van der Waals surface area contributed by atoms with Gasteiger partial charge in [0.1, 0.15) is 5.75 Å². The summed E-state index contributed by atoms with van der Waals surface area (Å²) in [6, 6.07) is 5.38. The number of hydrogen-bond donors (Lipinski definition) is 1. The first-order chi connectivity index (χ1) is 9.43. The molecule has 1 aromatic carbocycles. The molecule has 0 saturated heterocycles. The maximum atomic E-state index is 12.7. The van der Waals surface area contributed by atoms with Gasteiger partial charge in [0.2, 0.25) is 0 Å². The van der Waals surface area contributed by atoms with Gasteiger partial charge in [-0.15, -0.1) is 0 Å². The monoisotopic (exact) mass is 388 g/mol. The number of Topliss-reactive ketones (excluding diaryl/α,β-unsaturated/α-hetero) is 1. The lowest BCUT2D eigenvalue weighted by atomic mass is 9.88. The molecule has 1 aliphatic carbocycles. The number of carboxylic acids is 1. The predicted octanol–water partition coefficient (Wildman–Crippen LogP) is 3.23. The van der Waals surface area contributed by atoms with Crippen molar-refractivity contribution in [1.82, 2.24) is 0 Å². The molecule has 3 unspecified atom stereocenters. The molecule has 4 nitrogen and oxygen atoms in total. The average molecular weight is 388 g/mol. The van der Waals surface area contributed by atoms with E-state index in [0.29, 0.717) is 24.2 Å². The third-order valence-corrected chi connectivity index (χ3v) is 4.55. The summed E-state index contributed by atoms with van der Waals surface area (Å²) in [5.41, 5.74) is 0.491. The molecule has 0 amide bonds. The van der Waals surface area contributed by atoms with Crippen molar-refractivity contribution in [1.29, 1.82) is 0 Å². The molecular weight excluding hydrogens is 371 g/mol. The zero-order chi connectivity index (χ0) is 14.9. The highest BCUT2D eigenvalue weighted by Crippen LogP contribution is 2.39. The Labute approximate surface area is 131 Å². The summed E-state index contributed by atoms with van der Waals surface area (Å²) in [6.07, 6.45) is 1.20. The van der Waals surface area contributed by atoms with Crippen LogP contribution in [0.1, 0.15) is 30.1 Å². The van der Waals surface area contributed by atoms with Gasteiger partial charge < -0.3 is 9.84 Å². The van der Waals surface area contributed by atoms with E-state index >= 15 is 0 Å². The zero-order valence-electron chi connectivity index (χ0n) is 11.4. The Bertz CT molecular complexity index is 541. The molecule has 3 atom stereocenters. The molecule has 0 bridgehead atoms. The van der Waals surface area contributed by atoms with Gasteiger partial charge in [0.05, 0.1) is 18.6 Å². The molecule has 1 aromatic rings. The Morgan fingerprint density at radius 2 is 1.95 bits per heavy atom. The minimum absolute atomic E-state index is 0.114. The number of carbonyl (C=O) groups excluding carboxylic acids is 1. The fourth-order valence-electron chi connectivity index (χ4n) is 2.93. The Hall–Kier alpha value is -1.11. The van der Waals surface area contributed by atoms with Crippen molar-refractivity contribution in [3.05, 3.63) is 27.3 Å². The fraction of sp³-hybridized carbons (Fsp3) is 0.467. The standard InChI is InChI=1S/C15H17IO4/c1-8-5-10(11(6-8)15(18)19)14(17)12-7-9(16)3-4-13(12)20-2/h3-4,7-8,10-11H,5-6H2,1-2H3,(H,18,19). The highest BCUT2D eigenvalue weighted by molar-refractivity contribution is 14.1. The van der Waals surface area contributed by atoms with Gasteiger partial charge in [0.15, 0.2) is 5.78 Å². The van der Waals surface area contributed by atoms with E-state index in [0.717, 1.165) is 3.57 Å². The molecule has 1 fully saturated rings. The molecular formula is C15H17IO4. The van der Waals surface area contributed by atoms with E-state index in [9.17, 15) is 14.7 Å². The van der Waals surface area contributed by atoms with Gasteiger partial charge in [0, 0.05) is 9.49 Å². The van der Waals surface area contributed by atoms with Crippen molar-refractivity contribution < 1.29 is 19.4 Å². The minimum atomic E-state index is -0.878. The molecule has 5 heteroatoms. The topological polar surface area (TPSA) is 63.6 Å². The molecule has 0 radical (unpaired) electrons. The van der Waals surface area contributed by atoms with Crippen molar-refractivity contribution in [2.45, 2.75) is 19.8 Å². The van der Waals surface area contributed by atoms with Crippen LogP contribution in [0.4, 0.5) is 0 Å². The summed E-state index contributed by atoms with van der Waals surface area (Å²) in [5, 5.41) is 9.29. The Kier molecular flexibility index (Phi) is 4.67. The van der Waals surface area contributed by atoms with Gasteiger partial charge in [0.25, 0.3) is 0 Å². The Morgan fingerprint density at radius 3 is 2.55 bits per heavy atom. The van der Waals surface area contributed by atoms with Crippen molar-refractivity contribution in [3.63, 3.8) is 0 Å². The second-order valence-electron chi connectivity index (χ2n) is 5.34. The van der Waals surface area contributed by atoms with Gasteiger partial charge >= 0.3 is 5.97 Å². The number of carbonyl (C=O) groups is 2. The van der Waals surface area contributed by atoms with Crippen LogP contribution in [0.15, 0.2) is 18.2 Å². The molecule has 1 aliphatic rings. The van der Waals surface area contributed by atoms with Gasteiger partial charge in [-0.25, -0.2) is 0 Å². The Morgan fingerprint density at radius 1 is 1.30 bits per heavy atom. The number of ketones is 1.